The van der Waals surface area contributed by atoms with Crippen LogP contribution in [0.2, 0.25) is 0 Å². The highest BCUT2D eigenvalue weighted by molar-refractivity contribution is 5.73. The highest BCUT2D eigenvalue weighted by Crippen LogP contribution is 2.00. The molecule has 1 atom stereocenters. The average Bonchev–Trinajstić information content (AvgIpc) is 2.29. The second kappa shape index (κ2) is 6.98. The summed E-state index contributed by atoms with van der Waals surface area (Å²) < 4.78 is 10.0. The van der Waals surface area contributed by atoms with Gasteiger partial charge in [-0.25, -0.2) is 4.79 Å². The van der Waals surface area contributed by atoms with Crippen molar-refractivity contribution in [3.05, 3.63) is 35.9 Å². The van der Waals surface area contributed by atoms with Crippen molar-refractivity contribution in [1.29, 1.82) is 0 Å². The quantitative estimate of drug-likeness (QED) is 0.581. The van der Waals surface area contributed by atoms with Crippen molar-refractivity contribution in [2.24, 2.45) is 0 Å². The van der Waals surface area contributed by atoms with E-state index >= 15 is 0 Å². The monoisotopic (exact) mass is 224 g/mol. The van der Waals surface area contributed by atoms with Crippen molar-refractivity contribution < 1.29 is 19.4 Å². The van der Waals surface area contributed by atoms with E-state index in [2.05, 4.69) is 0 Å². The van der Waals surface area contributed by atoms with Gasteiger partial charge in [-0.1, -0.05) is 30.3 Å². The molecular formula is C12H16O4. The summed E-state index contributed by atoms with van der Waals surface area (Å²) in [5.74, 6) is -0.622. The number of aliphatic hydroxyl groups excluding tert-OH is 1. The molecule has 0 aliphatic carbocycles. The summed E-state index contributed by atoms with van der Waals surface area (Å²) in [5.41, 5.74) is 1.07. The Kier molecular flexibility index (Phi) is 5.53. The van der Waals surface area contributed by atoms with Crippen LogP contribution in [0.4, 0.5) is 0 Å². The molecule has 0 saturated carbocycles. The molecule has 0 amide bonds. The van der Waals surface area contributed by atoms with Gasteiger partial charge >= 0.3 is 5.97 Å². The van der Waals surface area contributed by atoms with Gasteiger partial charge < -0.3 is 14.6 Å². The number of aliphatic hydroxyl groups is 1. The zero-order chi connectivity index (χ0) is 11.8. The second-order valence-corrected chi connectivity index (χ2v) is 3.38. The van der Waals surface area contributed by atoms with Crippen molar-refractivity contribution >= 4 is 5.97 Å². The van der Waals surface area contributed by atoms with Gasteiger partial charge in [0, 0.05) is 0 Å². The van der Waals surface area contributed by atoms with Crippen LogP contribution in [-0.4, -0.2) is 30.4 Å². The molecule has 0 fully saturated rings. The van der Waals surface area contributed by atoms with E-state index in [9.17, 15) is 4.79 Å². The lowest BCUT2D eigenvalue weighted by Gasteiger charge is -2.07. The standard InChI is InChI=1S/C12H16O4/c1-10(13)12(14)16-8-7-15-9-11-5-3-2-4-6-11/h2-6,10,13H,7-9H2,1H3/t10-/m0/s1. The molecule has 4 nitrogen and oxygen atoms in total. The molecule has 0 aromatic heterocycles. The van der Waals surface area contributed by atoms with Crippen molar-refractivity contribution in [3.63, 3.8) is 0 Å². The maximum Gasteiger partial charge on any atom is 0.334 e. The zero-order valence-electron chi connectivity index (χ0n) is 9.26. The Hall–Kier alpha value is -1.39. The Morgan fingerprint density at radius 3 is 2.62 bits per heavy atom. The van der Waals surface area contributed by atoms with Gasteiger partial charge in [0.05, 0.1) is 13.2 Å². The van der Waals surface area contributed by atoms with Crippen LogP contribution < -0.4 is 0 Å². The highest BCUT2D eigenvalue weighted by atomic mass is 16.6. The van der Waals surface area contributed by atoms with E-state index in [-0.39, 0.29) is 6.61 Å². The number of esters is 1. The third-order valence-electron chi connectivity index (χ3n) is 1.92. The molecule has 88 valence electrons. The minimum Gasteiger partial charge on any atom is -0.461 e. The lowest BCUT2D eigenvalue weighted by Crippen LogP contribution is -2.21. The minimum atomic E-state index is -1.07. The maximum absolute atomic E-state index is 10.8. The molecule has 0 saturated heterocycles. The van der Waals surface area contributed by atoms with E-state index in [1.807, 2.05) is 30.3 Å². The van der Waals surface area contributed by atoms with Crippen LogP contribution >= 0.6 is 0 Å². The number of ether oxygens (including phenoxy) is 2. The summed E-state index contributed by atoms with van der Waals surface area (Å²) in [7, 11) is 0. The second-order valence-electron chi connectivity index (χ2n) is 3.38. The fourth-order valence-corrected chi connectivity index (χ4v) is 1.09. The average molecular weight is 224 g/mol. The molecule has 0 aliphatic heterocycles. The normalized spacial score (nSPS) is 12.1. The molecular weight excluding hydrogens is 208 g/mol. The Morgan fingerprint density at radius 2 is 2.00 bits per heavy atom. The predicted octanol–water partition coefficient (Wildman–Crippen LogP) is 1.13. The van der Waals surface area contributed by atoms with Gasteiger partial charge in [-0.3, -0.25) is 0 Å². The van der Waals surface area contributed by atoms with Gasteiger partial charge in [-0.2, -0.15) is 0 Å². The molecule has 0 unspecified atom stereocenters. The Bertz CT molecular complexity index is 308. The van der Waals surface area contributed by atoms with E-state index in [1.54, 1.807) is 0 Å². The molecule has 0 heterocycles. The van der Waals surface area contributed by atoms with Crippen molar-refractivity contribution in [3.8, 4) is 0 Å². The SMILES string of the molecule is C[C@H](O)C(=O)OCCOCc1ccccc1. The first-order valence-corrected chi connectivity index (χ1v) is 5.16. The van der Waals surface area contributed by atoms with Crippen molar-refractivity contribution in [2.75, 3.05) is 13.2 Å². The van der Waals surface area contributed by atoms with E-state index in [0.717, 1.165) is 5.56 Å². The van der Waals surface area contributed by atoms with Gasteiger partial charge in [0.1, 0.15) is 12.7 Å². The summed E-state index contributed by atoms with van der Waals surface area (Å²) in [6.45, 7) is 2.35. The number of hydrogen-bond donors (Lipinski definition) is 1. The number of rotatable bonds is 6. The van der Waals surface area contributed by atoms with Gasteiger partial charge in [-0.15, -0.1) is 0 Å². The van der Waals surface area contributed by atoms with Gasteiger partial charge in [-0.05, 0) is 12.5 Å². The number of carbonyl (C=O) groups is 1. The van der Waals surface area contributed by atoms with Crippen LogP contribution in [0.3, 0.4) is 0 Å². The van der Waals surface area contributed by atoms with Crippen LogP contribution in [-0.2, 0) is 20.9 Å². The number of carbonyl (C=O) groups excluding carboxylic acids is 1. The van der Waals surface area contributed by atoms with E-state index in [1.165, 1.54) is 6.92 Å². The van der Waals surface area contributed by atoms with E-state index in [4.69, 9.17) is 14.6 Å². The first-order chi connectivity index (χ1) is 7.70. The summed E-state index contributed by atoms with van der Waals surface area (Å²) in [4.78, 5) is 10.8. The summed E-state index contributed by atoms with van der Waals surface area (Å²) >= 11 is 0. The number of hydrogen-bond acceptors (Lipinski definition) is 4. The highest BCUT2D eigenvalue weighted by Gasteiger charge is 2.08. The third-order valence-corrected chi connectivity index (χ3v) is 1.92. The van der Waals surface area contributed by atoms with Crippen molar-refractivity contribution in [2.45, 2.75) is 19.6 Å². The lowest BCUT2D eigenvalue weighted by atomic mass is 10.2. The topological polar surface area (TPSA) is 55.8 Å². The fraction of sp³-hybridized carbons (Fsp3) is 0.417. The van der Waals surface area contributed by atoms with Crippen LogP contribution in [0.15, 0.2) is 30.3 Å². The van der Waals surface area contributed by atoms with Crippen LogP contribution in [0, 0.1) is 0 Å². The zero-order valence-corrected chi connectivity index (χ0v) is 9.26. The Labute approximate surface area is 94.8 Å². The fourth-order valence-electron chi connectivity index (χ4n) is 1.09. The molecule has 1 rings (SSSR count). The Morgan fingerprint density at radius 1 is 1.31 bits per heavy atom. The largest absolute Gasteiger partial charge is 0.461 e. The molecule has 1 N–H and O–H groups in total. The third kappa shape index (κ3) is 4.91. The van der Waals surface area contributed by atoms with Gasteiger partial charge in [0.2, 0.25) is 0 Å². The summed E-state index contributed by atoms with van der Waals surface area (Å²) in [5, 5.41) is 8.84. The molecule has 1 aromatic carbocycles. The predicted molar refractivity (Wildman–Crippen MR) is 58.7 cm³/mol. The molecule has 1 aromatic rings. The maximum atomic E-state index is 10.8. The molecule has 4 heteroatoms. The summed E-state index contributed by atoms with van der Waals surface area (Å²) in [6, 6.07) is 9.73. The smallest absolute Gasteiger partial charge is 0.334 e. The molecule has 16 heavy (non-hydrogen) atoms. The minimum absolute atomic E-state index is 0.163. The Balaban J connectivity index is 2.07. The van der Waals surface area contributed by atoms with E-state index in [0.29, 0.717) is 13.2 Å². The van der Waals surface area contributed by atoms with Crippen LogP contribution in [0.1, 0.15) is 12.5 Å². The van der Waals surface area contributed by atoms with Gasteiger partial charge in [0.15, 0.2) is 0 Å². The van der Waals surface area contributed by atoms with E-state index < -0.39 is 12.1 Å². The van der Waals surface area contributed by atoms with Crippen molar-refractivity contribution in [1.82, 2.24) is 0 Å². The lowest BCUT2D eigenvalue weighted by molar-refractivity contribution is -0.154. The van der Waals surface area contributed by atoms with Crippen LogP contribution in [0.5, 0.6) is 0 Å². The molecule has 0 radical (unpaired) electrons. The number of benzene rings is 1. The first-order valence-electron chi connectivity index (χ1n) is 5.16. The molecule has 0 aliphatic rings. The first kappa shape index (κ1) is 12.7. The summed E-state index contributed by atoms with van der Waals surface area (Å²) in [6.07, 6.45) is -1.07. The van der Waals surface area contributed by atoms with Crippen LogP contribution in [0.25, 0.3) is 0 Å². The molecule has 0 bridgehead atoms. The van der Waals surface area contributed by atoms with Gasteiger partial charge in [0.25, 0.3) is 0 Å². The molecule has 0 spiro atoms.